The minimum Gasteiger partial charge on any atom is -0.330 e. The molecule has 3 rings (SSSR count). The summed E-state index contributed by atoms with van der Waals surface area (Å²) in [5, 5.41) is 0. The van der Waals surface area contributed by atoms with Gasteiger partial charge in [-0.25, -0.2) is 13.8 Å². The molecule has 1 radical (unpaired) electrons. The standard InChI is InChI=1S/C25H30F2N3/c1-25(2,13-7-12-22(28)16-26)15-24-29-23(20-10-6-11-21(27)14-20)18-30(24)17-19-8-4-3-5-9-19/h3-6,8-11,14-15,18,22H,7,12-13,16-17,28H2,1-2H3/t22-/m0/s1. The maximum atomic E-state index is 13.7. The zero-order valence-corrected chi connectivity index (χ0v) is 17.7. The Balaban J connectivity index is 1.83. The van der Waals surface area contributed by atoms with Gasteiger partial charge in [-0.15, -0.1) is 0 Å². The van der Waals surface area contributed by atoms with Crippen LogP contribution in [0.3, 0.4) is 0 Å². The SMILES string of the molecule is CC(C)([CH]c1nc(-c2cccc(F)c2)cn1Cc1ccccc1)CCC[C@H](N)CF. The third kappa shape index (κ3) is 6.23. The van der Waals surface area contributed by atoms with Crippen LogP contribution < -0.4 is 5.73 Å². The van der Waals surface area contributed by atoms with E-state index < -0.39 is 6.67 Å². The lowest BCUT2D eigenvalue weighted by Gasteiger charge is -2.24. The Hall–Kier alpha value is -2.53. The molecule has 3 aromatic rings. The third-order valence-electron chi connectivity index (χ3n) is 5.24. The molecule has 0 saturated heterocycles. The predicted molar refractivity (Wildman–Crippen MR) is 118 cm³/mol. The van der Waals surface area contributed by atoms with Crippen LogP contribution in [0.4, 0.5) is 8.78 Å². The van der Waals surface area contributed by atoms with Crippen molar-refractivity contribution in [2.75, 3.05) is 6.67 Å². The normalized spacial score (nSPS) is 12.8. The van der Waals surface area contributed by atoms with Gasteiger partial charge in [0.05, 0.1) is 5.69 Å². The van der Waals surface area contributed by atoms with Gasteiger partial charge in [0, 0.05) is 30.8 Å². The predicted octanol–water partition coefficient (Wildman–Crippen LogP) is 5.78. The second kappa shape index (κ2) is 9.98. The van der Waals surface area contributed by atoms with Gasteiger partial charge in [0.15, 0.2) is 0 Å². The van der Waals surface area contributed by atoms with Crippen molar-refractivity contribution in [3.05, 3.63) is 84.4 Å². The molecule has 3 nitrogen and oxygen atoms in total. The first kappa shape index (κ1) is 22.2. The minimum absolute atomic E-state index is 0.130. The summed E-state index contributed by atoms with van der Waals surface area (Å²) in [7, 11) is 0. The second-order valence-electron chi connectivity index (χ2n) is 8.55. The Morgan fingerprint density at radius 1 is 1.13 bits per heavy atom. The first-order chi connectivity index (χ1) is 14.4. The van der Waals surface area contributed by atoms with E-state index in [0.717, 1.165) is 29.9 Å². The number of imidazole rings is 1. The summed E-state index contributed by atoms with van der Waals surface area (Å²) in [6.07, 6.45) is 6.53. The number of aromatic nitrogens is 2. The van der Waals surface area contributed by atoms with Gasteiger partial charge in [0.25, 0.3) is 0 Å². The number of benzene rings is 2. The molecule has 0 saturated carbocycles. The summed E-state index contributed by atoms with van der Waals surface area (Å²) >= 11 is 0. The highest BCUT2D eigenvalue weighted by molar-refractivity contribution is 5.59. The Labute approximate surface area is 178 Å². The average molecular weight is 411 g/mol. The molecule has 1 aromatic heterocycles. The summed E-state index contributed by atoms with van der Waals surface area (Å²) in [4.78, 5) is 4.82. The quantitative estimate of drug-likeness (QED) is 0.460. The van der Waals surface area contributed by atoms with Gasteiger partial charge in [-0.3, -0.25) is 0 Å². The summed E-state index contributed by atoms with van der Waals surface area (Å²) in [5.41, 5.74) is 8.25. The highest BCUT2D eigenvalue weighted by Crippen LogP contribution is 2.32. The van der Waals surface area contributed by atoms with Crippen molar-refractivity contribution in [2.24, 2.45) is 11.1 Å². The van der Waals surface area contributed by atoms with E-state index in [9.17, 15) is 8.78 Å². The fourth-order valence-electron chi connectivity index (χ4n) is 3.56. The molecule has 0 unspecified atom stereocenters. The van der Waals surface area contributed by atoms with E-state index in [2.05, 4.69) is 37.0 Å². The summed E-state index contributed by atoms with van der Waals surface area (Å²) < 4.78 is 28.5. The number of hydrogen-bond acceptors (Lipinski definition) is 2. The summed E-state index contributed by atoms with van der Waals surface area (Å²) in [6.45, 7) is 4.50. The fourth-order valence-corrected chi connectivity index (χ4v) is 3.56. The first-order valence-electron chi connectivity index (χ1n) is 10.4. The molecule has 1 atom stereocenters. The number of nitrogens with zero attached hydrogens (tertiary/aromatic N) is 2. The van der Waals surface area contributed by atoms with Crippen molar-refractivity contribution in [1.82, 2.24) is 9.55 Å². The Morgan fingerprint density at radius 2 is 1.90 bits per heavy atom. The number of hydrogen-bond donors (Lipinski definition) is 1. The molecule has 2 N–H and O–H groups in total. The molecule has 0 fully saturated rings. The van der Waals surface area contributed by atoms with E-state index in [1.165, 1.54) is 17.7 Å². The van der Waals surface area contributed by atoms with E-state index in [0.29, 0.717) is 13.0 Å². The Kier molecular flexibility index (Phi) is 7.38. The lowest BCUT2D eigenvalue weighted by atomic mass is 9.83. The molecule has 0 bridgehead atoms. The van der Waals surface area contributed by atoms with E-state index in [-0.39, 0.29) is 17.3 Å². The van der Waals surface area contributed by atoms with Crippen LogP contribution in [-0.4, -0.2) is 22.3 Å². The summed E-state index contributed by atoms with van der Waals surface area (Å²) in [6, 6.07) is 16.3. The third-order valence-corrected chi connectivity index (χ3v) is 5.24. The molecule has 0 aliphatic rings. The van der Waals surface area contributed by atoms with Crippen molar-refractivity contribution >= 4 is 0 Å². The van der Waals surface area contributed by atoms with Crippen LogP contribution in [0.5, 0.6) is 0 Å². The second-order valence-corrected chi connectivity index (χ2v) is 8.55. The lowest BCUT2D eigenvalue weighted by Crippen LogP contribution is -2.23. The highest BCUT2D eigenvalue weighted by atomic mass is 19.1. The molecule has 1 heterocycles. The maximum absolute atomic E-state index is 13.7. The molecular formula is C25H30F2N3. The van der Waals surface area contributed by atoms with Crippen LogP contribution in [0, 0.1) is 17.7 Å². The molecular weight excluding hydrogens is 380 g/mol. The van der Waals surface area contributed by atoms with Crippen LogP contribution in [0.2, 0.25) is 0 Å². The van der Waals surface area contributed by atoms with Gasteiger partial charge < -0.3 is 10.3 Å². The van der Waals surface area contributed by atoms with Gasteiger partial charge in [-0.1, -0.05) is 62.7 Å². The molecule has 0 aliphatic heterocycles. The van der Waals surface area contributed by atoms with Crippen LogP contribution in [0.15, 0.2) is 60.8 Å². The van der Waals surface area contributed by atoms with Crippen molar-refractivity contribution < 1.29 is 8.78 Å². The van der Waals surface area contributed by atoms with Crippen LogP contribution in [0.1, 0.15) is 44.5 Å². The van der Waals surface area contributed by atoms with Gasteiger partial charge in [-0.05, 0) is 36.0 Å². The van der Waals surface area contributed by atoms with Crippen molar-refractivity contribution in [3.63, 3.8) is 0 Å². The van der Waals surface area contributed by atoms with Gasteiger partial charge in [0.2, 0.25) is 0 Å². The van der Waals surface area contributed by atoms with E-state index >= 15 is 0 Å². The first-order valence-corrected chi connectivity index (χ1v) is 10.4. The molecule has 2 aromatic carbocycles. The molecule has 5 heteroatoms. The minimum atomic E-state index is -0.484. The summed E-state index contributed by atoms with van der Waals surface area (Å²) in [5.74, 6) is 0.568. The Bertz CT molecular complexity index is 935. The average Bonchev–Trinajstić information content (AvgIpc) is 3.10. The van der Waals surface area contributed by atoms with Crippen LogP contribution in [0.25, 0.3) is 11.3 Å². The number of nitrogens with two attached hydrogens (primary N) is 1. The van der Waals surface area contributed by atoms with Crippen molar-refractivity contribution in [1.29, 1.82) is 0 Å². The fraction of sp³-hybridized carbons (Fsp3) is 0.360. The number of alkyl halides is 1. The molecule has 30 heavy (non-hydrogen) atoms. The van der Waals surface area contributed by atoms with E-state index in [1.54, 1.807) is 6.07 Å². The monoisotopic (exact) mass is 410 g/mol. The molecule has 159 valence electrons. The number of halogens is 2. The molecule has 0 aliphatic carbocycles. The zero-order chi connectivity index (χ0) is 21.6. The van der Waals surface area contributed by atoms with Crippen molar-refractivity contribution in [3.8, 4) is 11.3 Å². The molecule has 0 spiro atoms. The lowest BCUT2D eigenvalue weighted by molar-refractivity contribution is 0.350. The van der Waals surface area contributed by atoms with E-state index in [4.69, 9.17) is 10.7 Å². The molecule has 0 amide bonds. The maximum Gasteiger partial charge on any atom is 0.123 e. The van der Waals surface area contributed by atoms with Crippen LogP contribution >= 0.6 is 0 Å². The van der Waals surface area contributed by atoms with E-state index in [1.807, 2.05) is 30.5 Å². The largest absolute Gasteiger partial charge is 0.330 e. The van der Waals surface area contributed by atoms with Gasteiger partial charge in [0.1, 0.15) is 18.3 Å². The zero-order valence-electron chi connectivity index (χ0n) is 17.7. The smallest absolute Gasteiger partial charge is 0.123 e. The van der Waals surface area contributed by atoms with Crippen LogP contribution in [-0.2, 0) is 6.54 Å². The highest BCUT2D eigenvalue weighted by Gasteiger charge is 2.23. The van der Waals surface area contributed by atoms with Gasteiger partial charge in [-0.2, -0.15) is 0 Å². The van der Waals surface area contributed by atoms with Gasteiger partial charge >= 0.3 is 0 Å². The Morgan fingerprint density at radius 3 is 2.60 bits per heavy atom. The topological polar surface area (TPSA) is 43.8 Å². The number of rotatable bonds is 10. The van der Waals surface area contributed by atoms with Crippen molar-refractivity contribution in [2.45, 2.75) is 45.7 Å².